The molecule has 2 rings (SSSR count). The smallest absolute Gasteiger partial charge is 0.245 e. The van der Waals surface area contributed by atoms with Gasteiger partial charge in [0.05, 0.1) is 12.2 Å². The highest BCUT2D eigenvalue weighted by atomic mass is 79.9. The number of fused-ring (bicyclic) bond motifs is 1. The fourth-order valence-corrected chi connectivity index (χ4v) is 4.77. The van der Waals surface area contributed by atoms with Gasteiger partial charge in [-0.1, -0.05) is 15.9 Å². The van der Waals surface area contributed by atoms with E-state index in [4.69, 9.17) is 9.47 Å². The second-order valence-corrected chi connectivity index (χ2v) is 8.45. The van der Waals surface area contributed by atoms with E-state index >= 15 is 0 Å². The summed E-state index contributed by atoms with van der Waals surface area (Å²) in [6.07, 6.45) is -0.0480. The van der Waals surface area contributed by atoms with Crippen LogP contribution in [0.25, 0.3) is 0 Å². The first-order chi connectivity index (χ1) is 11.2. The number of carbonyl (C=O) groups is 1. The van der Waals surface area contributed by atoms with Gasteiger partial charge in [0.25, 0.3) is 0 Å². The average Bonchev–Trinajstić information content (AvgIpc) is 2.94. The molecule has 0 aliphatic carbocycles. The number of hydrogen-bond donors (Lipinski definition) is 0. The average molecular weight is 421 g/mol. The van der Waals surface area contributed by atoms with Crippen LogP contribution >= 0.6 is 15.9 Å². The van der Waals surface area contributed by atoms with Gasteiger partial charge in [-0.3, -0.25) is 4.79 Å². The highest BCUT2D eigenvalue weighted by Crippen LogP contribution is 2.38. The lowest BCUT2D eigenvalue weighted by Gasteiger charge is -2.25. The lowest BCUT2D eigenvalue weighted by Crippen LogP contribution is -2.37. The monoisotopic (exact) mass is 420 g/mol. The molecule has 0 saturated heterocycles. The first kappa shape index (κ1) is 19.3. The van der Waals surface area contributed by atoms with Crippen molar-refractivity contribution in [1.29, 1.82) is 0 Å². The molecule has 0 atom stereocenters. The molecule has 9 heteroatoms. The number of ether oxygens (including phenoxy) is 2. The number of carbonyl (C=O) groups excluding carboxylic acids is 1. The molecule has 134 valence electrons. The lowest BCUT2D eigenvalue weighted by molar-refractivity contribution is -0.116. The molecule has 1 aromatic carbocycles. The van der Waals surface area contributed by atoms with Crippen molar-refractivity contribution in [2.75, 3.05) is 39.3 Å². The highest BCUT2D eigenvalue weighted by Gasteiger charge is 2.34. The Morgan fingerprint density at radius 1 is 1.38 bits per heavy atom. The van der Waals surface area contributed by atoms with Gasteiger partial charge in [-0.2, -0.15) is 4.31 Å². The summed E-state index contributed by atoms with van der Waals surface area (Å²) in [5.74, 6) is -0.179. The van der Waals surface area contributed by atoms with Crippen molar-refractivity contribution in [1.82, 2.24) is 4.31 Å². The Labute approximate surface area is 150 Å². The van der Waals surface area contributed by atoms with Crippen LogP contribution in [-0.2, 0) is 30.7 Å². The predicted molar refractivity (Wildman–Crippen MR) is 93.5 cm³/mol. The molecule has 0 N–H and O–H groups in total. The van der Waals surface area contributed by atoms with Gasteiger partial charge in [0.2, 0.25) is 15.9 Å². The van der Waals surface area contributed by atoms with Crippen molar-refractivity contribution in [3.63, 3.8) is 0 Å². The van der Waals surface area contributed by atoms with Crippen molar-refractivity contribution < 1.29 is 22.7 Å². The van der Waals surface area contributed by atoms with Gasteiger partial charge in [-0.25, -0.2) is 8.42 Å². The molecule has 7 nitrogen and oxygen atoms in total. The molecule has 0 spiro atoms. The molecule has 0 aromatic heterocycles. The van der Waals surface area contributed by atoms with E-state index in [0.717, 1.165) is 5.56 Å². The van der Waals surface area contributed by atoms with Crippen LogP contribution in [0.3, 0.4) is 0 Å². The second kappa shape index (κ2) is 7.49. The quantitative estimate of drug-likeness (QED) is 0.653. The molecule has 24 heavy (non-hydrogen) atoms. The third-order valence-corrected chi connectivity index (χ3v) is 6.29. The Kier molecular flexibility index (Phi) is 6.03. The van der Waals surface area contributed by atoms with E-state index in [2.05, 4.69) is 15.9 Å². The molecule has 0 unspecified atom stereocenters. The Bertz CT molecular complexity index is 734. The van der Waals surface area contributed by atoms with E-state index < -0.39 is 16.3 Å². The van der Waals surface area contributed by atoms with Gasteiger partial charge in [-0.15, -0.1) is 0 Å². The van der Waals surface area contributed by atoms with Crippen molar-refractivity contribution in [2.24, 2.45) is 0 Å². The fraction of sp³-hybridized carbons (Fsp3) is 0.533. The molecule has 0 saturated carbocycles. The number of anilines is 1. The Hall–Kier alpha value is -1.00. The summed E-state index contributed by atoms with van der Waals surface area (Å²) in [6.45, 7) is 1.95. The van der Waals surface area contributed by atoms with Crippen LogP contribution < -0.4 is 4.90 Å². The second-order valence-electron chi connectivity index (χ2n) is 5.52. The van der Waals surface area contributed by atoms with E-state index in [0.29, 0.717) is 23.1 Å². The lowest BCUT2D eigenvalue weighted by atomic mass is 10.2. The zero-order chi connectivity index (χ0) is 18.1. The minimum atomic E-state index is -3.82. The van der Waals surface area contributed by atoms with Gasteiger partial charge in [0, 0.05) is 39.2 Å². The number of methoxy groups -OCH3 is 2. The molecule has 0 radical (unpaired) electrons. The van der Waals surface area contributed by atoms with Crippen LogP contribution in [0, 0.1) is 0 Å². The Morgan fingerprint density at radius 3 is 2.54 bits per heavy atom. The SMILES string of the molecule is COC(CN(C)S(=O)(=O)c1cc(Br)cc2c1N(C(C)=O)CC2)OC. The first-order valence-corrected chi connectivity index (χ1v) is 9.58. The van der Waals surface area contributed by atoms with Crippen LogP contribution in [-0.4, -0.2) is 59.3 Å². The van der Waals surface area contributed by atoms with Gasteiger partial charge in [0.15, 0.2) is 6.29 Å². The summed E-state index contributed by atoms with van der Waals surface area (Å²) in [7, 11) is 0.535. The maximum atomic E-state index is 13.0. The minimum absolute atomic E-state index is 0.0384. The standard InChI is InChI=1S/C15H21BrN2O5S/c1-10(19)18-6-5-11-7-12(16)8-13(15(11)18)24(20,21)17(2)9-14(22-3)23-4/h7-8,14H,5-6,9H2,1-4H3. The summed E-state index contributed by atoms with van der Waals surface area (Å²) in [4.78, 5) is 13.5. The zero-order valence-corrected chi connectivity index (χ0v) is 16.5. The van der Waals surface area contributed by atoms with Crippen molar-refractivity contribution in [3.8, 4) is 0 Å². The Balaban J connectivity index is 2.49. The maximum Gasteiger partial charge on any atom is 0.245 e. The number of likely N-dealkylation sites (N-methyl/N-ethyl adjacent to an activating group) is 1. The zero-order valence-electron chi connectivity index (χ0n) is 14.1. The molecule has 1 amide bonds. The normalized spacial score (nSPS) is 14.5. The van der Waals surface area contributed by atoms with Gasteiger partial charge < -0.3 is 14.4 Å². The predicted octanol–water partition coefficient (Wildman–Crippen LogP) is 1.60. The topological polar surface area (TPSA) is 76.2 Å². The van der Waals surface area contributed by atoms with Crippen LogP contribution in [0.15, 0.2) is 21.5 Å². The molecule has 0 fully saturated rings. The van der Waals surface area contributed by atoms with Crippen LogP contribution in [0.5, 0.6) is 0 Å². The Morgan fingerprint density at radius 2 is 2.00 bits per heavy atom. The molecular formula is C15H21BrN2O5S. The van der Waals surface area contributed by atoms with E-state index in [1.54, 1.807) is 0 Å². The highest BCUT2D eigenvalue weighted by molar-refractivity contribution is 9.10. The molecular weight excluding hydrogens is 400 g/mol. The summed E-state index contributed by atoms with van der Waals surface area (Å²) in [6, 6.07) is 3.38. The summed E-state index contributed by atoms with van der Waals surface area (Å²) >= 11 is 3.36. The van der Waals surface area contributed by atoms with Gasteiger partial charge in [0.1, 0.15) is 4.90 Å². The number of benzene rings is 1. The largest absolute Gasteiger partial charge is 0.355 e. The number of rotatable bonds is 6. The van der Waals surface area contributed by atoms with Crippen molar-refractivity contribution in [2.45, 2.75) is 24.5 Å². The number of halogens is 1. The molecule has 0 bridgehead atoms. The molecule has 1 aliphatic rings. The number of sulfonamides is 1. The van der Waals surface area contributed by atoms with Gasteiger partial charge >= 0.3 is 0 Å². The number of nitrogens with zero attached hydrogens (tertiary/aromatic N) is 2. The molecule has 1 aliphatic heterocycles. The third kappa shape index (κ3) is 3.65. The summed E-state index contributed by atoms with van der Waals surface area (Å²) in [5.41, 5.74) is 1.30. The van der Waals surface area contributed by atoms with Crippen molar-refractivity contribution >= 4 is 37.5 Å². The maximum absolute atomic E-state index is 13.0. The van der Waals surface area contributed by atoms with Crippen LogP contribution in [0.4, 0.5) is 5.69 Å². The van der Waals surface area contributed by atoms with Crippen LogP contribution in [0.2, 0.25) is 0 Å². The molecule has 1 aromatic rings. The number of amides is 1. The van der Waals surface area contributed by atoms with E-state index in [1.807, 2.05) is 6.07 Å². The van der Waals surface area contributed by atoms with E-state index in [-0.39, 0.29) is 17.3 Å². The minimum Gasteiger partial charge on any atom is -0.355 e. The first-order valence-electron chi connectivity index (χ1n) is 7.34. The summed E-state index contributed by atoms with van der Waals surface area (Å²) in [5, 5.41) is 0. The van der Waals surface area contributed by atoms with Crippen LogP contribution in [0.1, 0.15) is 12.5 Å². The summed E-state index contributed by atoms with van der Waals surface area (Å²) < 4.78 is 38.1. The van der Waals surface area contributed by atoms with E-state index in [9.17, 15) is 13.2 Å². The third-order valence-electron chi connectivity index (χ3n) is 3.99. The van der Waals surface area contributed by atoms with Crippen molar-refractivity contribution in [3.05, 3.63) is 22.2 Å². The molecule has 1 heterocycles. The fourth-order valence-electron chi connectivity index (χ4n) is 2.70. The van der Waals surface area contributed by atoms with E-state index in [1.165, 1.54) is 43.5 Å². The van der Waals surface area contributed by atoms with Gasteiger partial charge in [-0.05, 0) is 24.1 Å². The number of hydrogen-bond acceptors (Lipinski definition) is 5.